The molecule has 1 aliphatic rings. The number of fused-ring (bicyclic) bond motifs is 1. The second kappa shape index (κ2) is 5.32. The van der Waals surface area contributed by atoms with Gasteiger partial charge in [0.2, 0.25) is 0 Å². The first kappa shape index (κ1) is 14.7. The van der Waals surface area contributed by atoms with Crippen LogP contribution in [0.1, 0.15) is 26.3 Å². The number of aryl methyl sites for hydroxylation is 1. The van der Waals surface area contributed by atoms with Crippen molar-refractivity contribution in [3.8, 4) is 5.69 Å². The molecule has 0 saturated carbocycles. The van der Waals surface area contributed by atoms with Gasteiger partial charge in [0, 0.05) is 6.20 Å². The highest BCUT2D eigenvalue weighted by atomic mass is 35.5. The molecule has 0 unspecified atom stereocenters. The molecule has 6 heteroatoms. The lowest BCUT2D eigenvalue weighted by Gasteiger charge is -2.15. The van der Waals surface area contributed by atoms with E-state index in [0.29, 0.717) is 27.5 Å². The molecule has 0 spiro atoms. The van der Waals surface area contributed by atoms with Gasteiger partial charge in [-0.25, -0.2) is 9.58 Å². The molecule has 1 aliphatic heterocycles. The van der Waals surface area contributed by atoms with Gasteiger partial charge in [0.25, 0.3) is 11.8 Å². The Morgan fingerprint density at radius 2 is 1.67 bits per heavy atom. The van der Waals surface area contributed by atoms with Crippen molar-refractivity contribution in [1.82, 2.24) is 9.78 Å². The molecule has 0 N–H and O–H groups in total. The van der Waals surface area contributed by atoms with Crippen LogP contribution in [0, 0.1) is 6.92 Å². The number of amides is 2. The van der Waals surface area contributed by atoms with Crippen LogP contribution in [0.2, 0.25) is 5.02 Å². The maximum absolute atomic E-state index is 12.5. The van der Waals surface area contributed by atoms with Crippen molar-refractivity contribution in [2.24, 2.45) is 0 Å². The number of carbonyl (C=O) groups excluding carboxylic acids is 2. The van der Waals surface area contributed by atoms with E-state index in [1.165, 1.54) is 0 Å². The SMILES string of the molecule is Cc1cnn(-c2ccc(N3C(=O)c4ccccc4C3=O)cc2Cl)c1. The van der Waals surface area contributed by atoms with Gasteiger partial charge < -0.3 is 0 Å². The number of halogens is 1. The van der Waals surface area contributed by atoms with Gasteiger partial charge in [-0.2, -0.15) is 5.10 Å². The fourth-order valence-electron chi connectivity index (χ4n) is 2.79. The van der Waals surface area contributed by atoms with Crippen molar-refractivity contribution in [1.29, 1.82) is 0 Å². The number of benzene rings is 2. The summed E-state index contributed by atoms with van der Waals surface area (Å²) in [5, 5.41) is 4.63. The van der Waals surface area contributed by atoms with Crippen LogP contribution >= 0.6 is 11.6 Å². The molecule has 3 aromatic rings. The van der Waals surface area contributed by atoms with E-state index in [9.17, 15) is 9.59 Å². The fraction of sp³-hybridized carbons (Fsp3) is 0.0556. The number of anilines is 1. The topological polar surface area (TPSA) is 55.2 Å². The van der Waals surface area contributed by atoms with E-state index in [-0.39, 0.29) is 11.8 Å². The second-order valence-electron chi connectivity index (χ2n) is 5.59. The molecule has 2 heterocycles. The van der Waals surface area contributed by atoms with Gasteiger partial charge in [-0.15, -0.1) is 0 Å². The van der Waals surface area contributed by atoms with Crippen molar-refractivity contribution in [2.45, 2.75) is 6.92 Å². The number of nitrogens with zero attached hydrogens (tertiary/aromatic N) is 3. The van der Waals surface area contributed by atoms with E-state index in [1.807, 2.05) is 13.1 Å². The molecule has 2 amide bonds. The molecule has 0 bridgehead atoms. The fourth-order valence-corrected chi connectivity index (χ4v) is 3.05. The van der Waals surface area contributed by atoms with Gasteiger partial charge in [0.1, 0.15) is 0 Å². The molecule has 24 heavy (non-hydrogen) atoms. The lowest BCUT2D eigenvalue weighted by molar-refractivity contribution is 0.0926. The standard InChI is InChI=1S/C18H12ClN3O2/c1-11-9-20-21(10-11)16-7-6-12(8-15(16)19)22-17(23)13-4-2-3-5-14(13)18(22)24/h2-10H,1H3. The predicted molar refractivity (Wildman–Crippen MR) is 90.9 cm³/mol. The largest absolute Gasteiger partial charge is 0.268 e. The van der Waals surface area contributed by atoms with Gasteiger partial charge in [0.15, 0.2) is 0 Å². The molecular formula is C18H12ClN3O2. The van der Waals surface area contributed by atoms with Crippen LogP contribution in [0.25, 0.3) is 5.69 Å². The Kier molecular flexibility index (Phi) is 3.25. The second-order valence-corrected chi connectivity index (χ2v) is 6.00. The summed E-state index contributed by atoms with van der Waals surface area (Å²) in [5.41, 5.74) is 2.95. The van der Waals surface area contributed by atoms with Crippen LogP contribution in [0.4, 0.5) is 5.69 Å². The smallest absolute Gasteiger partial charge is 0.266 e. The van der Waals surface area contributed by atoms with E-state index in [4.69, 9.17) is 11.6 Å². The molecule has 2 aromatic carbocycles. The highest BCUT2D eigenvalue weighted by Crippen LogP contribution is 2.32. The Morgan fingerprint density at radius 1 is 1.00 bits per heavy atom. The third-order valence-electron chi connectivity index (χ3n) is 3.94. The first-order chi connectivity index (χ1) is 11.6. The quantitative estimate of drug-likeness (QED) is 0.671. The molecule has 0 radical (unpaired) electrons. The van der Waals surface area contributed by atoms with Crippen LogP contribution < -0.4 is 4.90 Å². The van der Waals surface area contributed by atoms with Crippen molar-refractivity contribution in [3.63, 3.8) is 0 Å². The minimum Gasteiger partial charge on any atom is -0.268 e. The van der Waals surface area contributed by atoms with E-state index >= 15 is 0 Å². The summed E-state index contributed by atoms with van der Waals surface area (Å²) in [6.45, 7) is 1.94. The van der Waals surface area contributed by atoms with Crippen LogP contribution in [0.15, 0.2) is 54.9 Å². The Morgan fingerprint density at radius 3 is 2.21 bits per heavy atom. The zero-order chi connectivity index (χ0) is 16.8. The Balaban J connectivity index is 1.75. The molecule has 1 aromatic heterocycles. The monoisotopic (exact) mass is 337 g/mol. The predicted octanol–water partition coefficient (Wildman–Crippen LogP) is 3.63. The molecular weight excluding hydrogens is 326 g/mol. The first-order valence-electron chi connectivity index (χ1n) is 7.35. The van der Waals surface area contributed by atoms with Gasteiger partial charge >= 0.3 is 0 Å². The minimum atomic E-state index is -0.339. The number of hydrogen-bond donors (Lipinski definition) is 0. The number of imide groups is 1. The van der Waals surface area contributed by atoms with Crippen LogP contribution in [-0.2, 0) is 0 Å². The highest BCUT2D eigenvalue weighted by Gasteiger charge is 2.36. The lowest BCUT2D eigenvalue weighted by Crippen LogP contribution is -2.29. The van der Waals surface area contributed by atoms with Gasteiger partial charge in [-0.3, -0.25) is 9.59 Å². The zero-order valence-corrected chi connectivity index (χ0v) is 13.5. The van der Waals surface area contributed by atoms with E-state index in [2.05, 4.69) is 5.10 Å². The van der Waals surface area contributed by atoms with Crippen LogP contribution in [0.3, 0.4) is 0 Å². The van der Waals surface area contributed by atoms with Gasteiger partial charge in [0.05, 0.1) is 33.7 Å². The Hall–Kier alpha value is -2.92. The molecule has 118 valence electrons. The van der Waals surface area contributed by atoms with Crippen molar-refractivity contribution in [2.75, 3.05) is 4.90 Å². The molecule has 0 saturated heterocycles. The summed E-state index contributed by atoms with van der Waals surface area (Å²) in [7, 11) is 0. The molecule has 0 fully saturated rings. The van der Waals surface area contributed by atoms with E-state index in [0.717, 1.165) is 10.5 Å². The number of carbonyl (C=O) groups is 2. The third-order valence-corrected chi connectivity index (χ3v) is 4.24. The summed E-state index contributed by atoms with van der Waals surface area (Å²) < 4.78 is 1.66. The average molecular weight is 338 g/mol. The number of aromatic nitrogens is 2. The summed E-state index contributed by atoms with van der Waals surface area (Å²) in [4.78, 5) is 26.2. The normalized spacial score (nSPS) is 13.5. The van der Waals surface area contributed by atoms with Crippen molar-refractivity contribution in [3.05, 3.63) is 76.6 Å². The number of hydrogen-bond acceptors (Lipinski definition) is 3. The summed E-state index contributed by atoms with van der Waals surface area (Å²) in [5.74, 6) is -0.677. The molecule has 4 rings (SSSR count). The lowest BCUT2D eigenvalue weighted by atomic mass is 10.1. The van der Waals surface area contributed by atoms with Gasteiger partial charge in [-0.05, 0) is 42.8 Å². The first-order valence-corrected chi connectivity index (χ1v) is 7.73. The van der Waals surface area contributed by atoms with E-state index < -0.39 is 0 Å². The zero-order valence-electron chi connectivity index (χ0n) is 12.7. The van der Waals surface area contributed by atoms with Crippen LogP contribution in [0.5, 0.6) is 0 Å². The maximum Gasteiger partial charge on any atom is 0.266 e. The van der Waals surface area contributed by atoms with Gasteiger partial charge in [-0.1, -0.05) is 23.7 Å². The molecule has 5 nitrogen and oxygen atoms in total. The molecule has 0 aliphatic carbocycles. The molecule has 0 atom stereocenters. The number of rotatable bonds is 2. The minimum absolute atomic E-state index is 0.339. The summed E-state index contributed by atoms with van der Waals surface area (Å²) >= 11 is 6.35. The van der Waals surface area contributed by atoms with E-state index in [1.54, 1.807) is 53.3 Å². The maximum atomic E-state index is 12.5. The van der Waals surface area contributed by atoms with Crippen LogP contribution in [-0.4, -0.2) is 21.6 Å². The Labute approximate surface area is 143 Å². The Bertz CT molecular complexity index is 958. The highest BCUT2D eigenvalue weighted by molar-refractivity contribution is 6.36. The third kappa shape index (κ3) is 2.13. The summed E-state index contributed by atoms with van der Waals surface area (Å²) in [6, 6.07) is 11.8. The van der Waals surface area contributed by atoms with Crippen molar-refractivity contribution >= 4 is 29.1 Å². The summed E-state index contributed by atoms with van der Waals surface area (Å²) in [6.07, 6.45) is 3.58. The van der Waals surface area contributed by atoms with Crippen molar-refractivity contribution < 1.29 is 9.59 Å². The average Bonchev–Trinajstić information content (AvgIpc) is 3.10.